The highest BCUT2D eigenvalue weighted by Crippen LogP contribution is 2.41. The summed E-state index contributed by atoms with van der Waals surface area (Å²) in [5.74, 6) is 0. The van der Waals surface area contributed by atoms with Crippen molar-refractivity contribution in [3.05, 3.63) is 144 Å². The number of fused-ring (bicyclic) bond motifs is 7. The summed E-state index contributed by atoms with van der Waals surface area (Å²) in [4.78, 5) is 14.6. The molecule has 0 aliphatic heterocycles. The SMILES string of the molecule is O=c1n(-c2c3ccccc3c(-c3ccccc3)c3ccccc23)c2ccccc2c2cc3ccccc3n12. The molecular weight excluding hydrogens is 464 g/mol. The Kier molecular flexibility index (Phi) is 4.38. The second-order valence-electron chi connectivity index (χ2n) is 9.74. The van der Waals surface area contributed by atoms with Gasteiger partial charge in [-0.25, -0.2) is 4.79 Å². The minimum atomic E-state index is -0.0670. The van der Waals surface area contributed by atoms with E-state index in [4.69, 9.17) is 0 Å². The Hall–Kier alpha value is -5.15. The lowest BCUT2D eigenvalue weighted by molar-refractivity contribution is 0.948. The number of aromatic nitrogens is 2. The first kappa shape index (κ1) is 21.0. The zero-order valence-corrected chi connectivity index (χ0v) is 20.5. The van der Waals surface area contributed by atoms with Gasteiger partial charge >= 0.3 is 5.69 Å². The average molecular weight is 487 g/mol. The Bertz CT molecular complexity index is 2200. The first-order chi connectivity index (χ1) is 18.8. The van der Waals surface area contributed by atoms with E-state index in [1.165, 1.54) is 5.56 Å². The first-order valence-electron chi connectivity index (χ1n) is 12.8. The van der Waals surface area contributed by atoms with E-state index in [1.807, 2.05) is 45.4 Å². The quantitative estimate of drug-likeness (QED) is 0.225. The monoisotopic (exact) mass is 486 g/mol. The molecule has 38 heavy (non-hydrogen) atoms. The zero-order valence-electron chi connectivity index (χ0n) is 20.5. The molecule has 3 nitrogen and oxygen atoms in total. The molecule has 0 spiro atoms. The standard InChI is InChI=1S/C35H22N2O/c38-35-36-30-20-10-4-14-24(30)22-32(36)29-19-9-11-21-31(29)37(35)34-27-17-7-5-15-25(27)33(23-12-2-1-3-13-23)26-16-6-8-18-28(26)34/h1-22H. The van der Waals surface area contributed by atoms with Crippen LogP contribution in [-0.2, 0) is 0 Å². The lowest BCUT2D eigenvalue weighted by Crippen LogP contribution is -2.26. The third-order valence-corrected chi connectivity index (χ3v) is 7.70. The van der Waals surface area contributed by atoms with Gasteiger partial charge in [0.15, 0.2) is 0 Å². The van der Waals surface area contributed by atoms with Crippen molar-refractivity contribution in [1.29, 1.82) is 0 Å². The lowest BCUT2D eigenvalue weighted by atomic mass is 9.90. The van der Waals surface area contributed by atoms with E-state index in [0.29, 0.717) is 0 Å². The maximum absolute atomic E-state index is 14.6. The maximum atomic E-state index is 14.6. The van der Waals surface area contributed by atoms with Crippen molar-refractivity contribution in [3.8, 4) is 16.8 Å². The van der Waals surface area contributed by atoms with Crippen molar-refractivity contribution in [2.45, 2.75) is 0 Å². The Morgan fingerprint density at radius 2 is 0.974 bits per heavy atom. The smallest absolute Gasteiger partial charge is 0.261 e. The minimum Gasteiger partial charge on any atom is -0.261 e. The molecule has 0 radical (unpaired) electrons. The van der Waals surface area contributed by atoms with Crippen molar-refractivity contribution < 1.29 is 0 Å². The van der Waals surface area contributed by atoms with Gasteiger partial charge in [-0.05, 0) is 40.1 Å². The molecule has 0 atom stereocenters. The second kappa shape index (κ2) is 7.92. The molecule has 8 rings (SSSR count). The lowest BCUT2D eigenvalue weighted by Gasteiger charge is -2.20. The van der Waals surface area contributed by atoms with Gasteiger partial charge in [0, 0.05) is 21.5 Å². The number of hydrogen-bond acceptors (Lipinski definition) is 1. The molecule has 178 valence electrons. The summed E-state index contributed by atoms with van der Waals surface area (Å²) in [6.45, 7) is 0. The van der Waals surface area contributed by atoms with Crippen LogP contribution in [0.5, 0.6) is 0 Å². The summed E-state index contributed by atoms with van der Waals surface area (Å²) in [5.41, 5.74) is 5.94. The normalized spacial score (nSPS) is 11.8. The van der Waals surface area contributed by atoms with Gasteiger partial charge in [-0.1, -0.05) is 115 Å². The van der Waals surface area contributed by atoms with Gasteiger partial charge in [0.05, 0.1) is 22.2 Å². The van der Waals surface area contributed by atoms with E-state index >= 15 is 0 Å². The van der Waals surface area contributed by atoms with Crippen molar-refractivity contribution in [2.75, 3.05) is 0 Å². The fourth-order valence-corrected chi connectivity index (χ4v) is 6.13. The van der Waals surface area contributed by atoms with Crippen LogP contribution in [-0.4, -0.2) is 8.97 Å². The summed E-state index contributed by atoms with van der Waals surface area (Å²) in [7, 11) is 0. The van der Waals surface area contributed by atoms with Gasteiger partial charge in [-0.15, -0.1) is 0 Å². The van der Waals surface area contributed by atoms with Crippen LogP contribution < -0.4 is 5.69 Å². The highest BCUT2D eigenvalue weighted by atomic mass is 16.1. The predicted molar refractivity (Wildman–Crippen MR) is 158 cm³/mol. The molecule has 0 saturated heterocycles. The number of rotatable bonds is 2. The number of benzene rings is 6. The second-order valence-corrected chi connectivity index (χ2v) is 9.74. The zero-order chi connectivity index (χ0) is 25.2. The van der Waals surface area contributed by atoms with Crippen LogP contribution in [0.3, 0.4) is 0 Å². The molecule has 0 fully saturated rings. The van der Waals surface area contributed by atoms with Crippen molar-refractivity contribution in [3.63, 3.8) is 0 Å². The van der Waals surface area contributed by atoms with E-state index in [2.05, 4.69) is 97.1 Å². The van der Waals surface area contributed by atoms with E-state index < -0.39 is 0 Å². The highest BCUT2D eigenvalue weighted by molar-refractivity contribution is 6.18. The van der Waals surface area contributed by atoms with Gasteiger partial charge in [0.25, 0.3) is 0 Å². The summed E-state index contributed by atoms with van der Waals surface area (Å²) in [5, 5.41) is 6.45. The van der Waals surface area contributed by atoms with E-state index in [9.17, 15) is 4.79 Å². The van der Waals surface area contributed by atoms with Crippen molar-refractivity contribution in [2.24, 2.45) is 0 Å². The Morgan fingerprint density at radius 3 is 1.66 bits per heavy atom. The third-order valence-electron chi connectivity index (χ3n) is 7.70. The summed E-state index contributed by atoms with van der Waals surface area (Å²) in [6.07, 6.45) is 0. The molecule has 0 aliphatic carbocycles. The predicted octanol–water partition coefficient (Wildman–Crippen LogP) is 8.37. The van der Waals surface area contributed by atoms with E-state index in [1.54, 1.807) is 0 Å². The summed E-state index contributed by atoms with van der Waals surface area (Å²) < 4.78 is 3.79. The summed E-state index contributed by atoms with van der Waals surface area (Å²) >= 11 is 0. The minimum absolute atomic E-state index is 0.0670. The topological polar surface area (TPSA) is 26.4 Å². The Morgan fingerprint density at radius 1 is 0.447 bits per heavy atom. The van der Waals surface area contributed by atoms with Crippen LogP contribution in [0.25, 0.3) is 65.7 Å². The molecular formula is C35H22N2O. The average Bonchev–Trinajstić information content (AvgIpc) is 3.38. The number of hydrogen-bond donors (Lipinski definition) is 0. The van der Waals surface area contributed by atoms with Gasteiger partial charge < -0.3 is 0 Å². The maximum Gasteiger partial charge on any atom is 0.338 e. The Balaban J connectivity index is 1.65. The molecule has 0 unspecified atom stereocenters. The van der Waals surface area contributed by atoms with Crippen LogP contribution in [0.2, 0.25) is 0 Å². The molecule has 0 amide bonds. The van der Waals surface area contributed by atoms with Crippen LogP contribution in [0.15, 0.2) is 138 Å². The number of para-hydroxylation sites is 2. The van der Waals surface area contributed by atoms with Crippen LogP contribution in [0.1, 0.15) is 0 Å². The van der Waals surface area contributed by atoms with Gasteiger partial charge in [0.1, 0.15) is 0 Å². The largest absolute Gasteiger partial charge is 0.338 e. The third kappa shape index (κ3) is 2.81. The fourth-order valence-electron chi connectivity index (χ4n) is 6.13. The van der Waals surface area contributed by atoms with Gasteiger partial charge in [-0.2, -0.15) is 0 Å². The molecule has 0 saturated carbocycles. The van der Waals surface area contributed by atoms with E-state index in [-0.39, 0.29) is 5.69 Å². The highest BCUT2D eigenvalue weighted by Gasteiger charge is 2.21. The Labute approximate surface area is 218 Å². The molecule has 2 aromatic heterocycles. The van der Waals surface area contributed by atoms with Crippen molar-refractivity contribution in [1.82, 2.24) is 8.97 Å². The fraction of sp³-hybridized carbons (Fsp3) is 0. The summed E-state index contributed by atoms with van der Waals surface area (Å²) in [6, 6.07) is 45.9. The number of nitrogens with zero attached hydrogens (tertiary/aromatic N) is 2. The molecule has 0 N–H and O–H groups in total. The van der Waals surface area contributed by atoms with Crippen LogP contribution in [0.4, 0.5) is 0 Å². The molecule has 0 aliphatic rings. The molecule has 2 heterocycles. The molecule has 3 heteroatoms. The molecule has 6 aromatic carbocycles. The molecule has 8 aromatic rings. The first-order valence-corrected chi connectivity index (χ1v) is 12.8. The van der Waals surface area contributed by atoms with Crippen LogP contribution >= 0.6 is 0 Å². The molecule has 0 bridgehead atoms. The van der Waals surface area contributed by atoms with Gasteiger partial charge in [0.2, 0.25) is 0 Å². The van der Waals surface area contributed by atoms with Crippen LogP contribution in [0, 0.1) is 0 Å². The van der Waals surface area contributed by atoms with E-state index in [0.717, 1.165) is 60.1 Å². The van der Waals surface area contributed by atoms with Gasteiger partial charge in [-0.3, -0.25) is 8.97 Å². The van der Waals surface area contributed by atoms with Crippen molar-refractivity contribution >= 4 is 48.9 Å².